The van der Waals surface area contributed by atoms with Crippen molar-refractivity contribution in [1.82, 2.24) is 17.9 Å². The lowest BCUT2D eigenvalue weighted by atomic mass is 9.97. The highest BCUT2D eigenvalue weighted by Gasteiger charge is 2.37. The van der Waals surface area contributed by atoms with Gasteiger partial charge in [0.15, 0.2) is 0 Å². The maximum atomic E-state index is 4.93. The van der Waals surface area contributed by atoms with Crippen molar-refractivity contribution < 1.29 is 0 Å². The third-order valence-electron chi connectivity index (χ3n) is 14.3. The number of aromatic nitrogens is 4. The molecule has 0 amide bonds. The monoisotopic (exact) mass is 890 g/mol. The molecule has 0 atom stereocenters. The second kappa shape index (κ2) is 13.3. The number of rotatable bonds is 4. The zero-order chi connectivity index (χ0) is 43.3. The molecule has 12 aromatic rings. The molecule has 0 unspecified atom stereocenters. The third-order valence-corrected chi connectivity index (χ3v) is 20.7. The van der Waals surface area contributed by atoms with E-state index in [2.05, 4.69) is 216 Å². The Kier molecular flexibility index (Phi) is 7.69. The highest BCUT2D eigenvalue weighted by atomic mass is 32.3. The Labute approximate surface area is 384 Å². The number of para-hydroxylation sites is 2. The van der Waals surface area contributed by atoms with Gasteiger partial charge in [0.25, 0.3) is 0 Å². The Morgan fingerprint density at radius 2 is 0.738 bits per heavy atom. The summed E-state index contributed by atoms with van der Waals surface area (Å²) in [6.07, 6.45) is 9.85. The molecule has 5 heterocycles. The largest absolute Gasteiger partial charge is 0.308 e. The number of fused-ring (bicyclic) bond motifs is 15. The Morgan fingerprint density at radius 1 is 0.354 bits per heavy atom. The predicted molar refractivity (Wildman–Crippen MR) is 280 cm³/mol. The first-order chi connectivity index (χ1) is 31.8. The highest BCUT2D eigenvalue weighted by Crippen LogP contribution is 2.70. The van der Waals surface area contributed by atoms with Crippen molar-refractivity contribution >= 4 is 86.4 Å². The average Bonchev–Trinajstić information content (AvgIpc) is 4.14. The van der Waals surface area contributed by atoms with E-state index in [0.717, 1.165) is 44.7 Å². The van der Waals surface area contributed by atoms with Gasteiger partial charge in [-0.3, -0.25) is 0 Å². The van der Waals surface area contributed by atoms with Crippen molar-refractivity contribution in [3.63, 3.8) is 0 Å². The first-order valence-electron chi connectivity index (χ1n) is 22.0. The molecule has 0 bridgehead atoms. The molecular weight excluding hydrogens is 849 g/mol. The minimum Gasteiger partial charge on any atom is -0.308 e. The molecule has 2 aliphatic heterocycles. The van der Waals surface area contributed by atoms with Crippen molar-refractivity contribution in [3.8, 4) is 55.9 Å². The van der Waals surface area contributed by atoms with Gasteiger partial charge < -0.3 is 9.13 Å². The summed E-state index contributed by atoms with van der Waals surface area (Å²) in [6, 6.07) is 67.8. The van der Waals surface area contributed by atoms with Gasteiger partial charge in [-0.1, -0.05) is 133 Å². The summed E-state index contributed by atoms with van der Waals surface area (Å²) in [5.41, 5.74) is 19.2. The fraction of sp³-hybridized carbons (Fsp3) is 0.0690. The van der Waals surface area contributed by atoms with E-state index in [0.29, 0.717) is 0 Å². The highest BCUT2D eigenvalue weighted by molar-refractivity contribution is 8.33. The molecule has 7 heteroatoms. The number of hydrogen-bond donors (Lipinski definition) is 0. The van der Waals surface area contributed by atoms with E-state index in [9.17, 15) is 0 Å². The quantitative estimate of drug-likeness (QED) is 0.176. The van der Waals surface area contributed by atoms with Crippen molar-refractivity contribution in [2.45, 2.75) is 19.6 Å². The first-order valence-corrected chi connectivity index (χ1v) is 27.7. The lowest BCUT2D eigenvalue weighted by molar-refractivity contribution is 1.16. The number of nitrogens with zero attached hydrogens (tertiary/aromatic N) is 4. The van der Waals surface area contributed by atoms with E-state index >= 15 is 0 Å². The Bertz CT molecular complexity index is 3740. The second-order valence-corrected chi connectivity index (χ2v) is 25.8. The van der Waals surface area contributed by atoms with Gasteiger partial charge in [-0.2, -0.15) is 28.8 Å². The molecule has 65 heavy (non-hydrogen) atoms. The minimum atomic E-state index is -1.25. The van der Waals surface area contributed by atoms with E-state index in [1.54, 1.807) is 0 Å². The van der Waals surface area contributed by atoms with Gasteiger partial charge in [0, 0.05) is 63.6 Å². The van der Waals surface area contributed by atoms with Gasteiger partial charge in [0.2, 0.25) is 0 Å². The molecule has 9 aromatic carbocycles. The average molecular weight is 891 g/mol. The zero-order valence-corrected chi connectivity index (χ0v) is 38.8. The molecule has 0 radical (unpaired) electrons. The van der Waals surface area contributed by atoms with Crippen LogP contribution in [-0.4, -0.2) is 42.9 Å². The van der Waals surface area contributed by atoms with Gasteiger partial charge in [-0.05, 0) is 107 Å². The fourth-order valence-electron chi connectivity index (χ4n) is 11.4. The molecule has 0 saturated heterocycles. The number of hydrogen-bond acceptors (Lipinski definition) is 3. The smallest absolute Gasteiger partial charge is 0.113 e. The van der Waals surface area contributed by atoms with Crippen LogP contribution in [0.25, 0.3) is 111 Å². The van der Waals surface area contributed by atoms with Crippen molar-refractivity contribution in [2.75, 3.05) is 25.0 Å². The van der Waals surface area contributed by atoms with Crippen LogP contribution in [0, 0.1) is 0 Å². The molecular formula is C58H42N4S3. The van der Waals surface area contributed by atoms with Crippen molar-refractivity contribution in [2.24, 2.45) is 0 Å². The molecule has 4 nitrogen and oxygen atoms in total. The zero-order valence-electron chi connectivity index (χ0n) is 36.3. The molecule has 0 aliphatic carbocycles. The topological polar surface area (TPSA) is 35.6 Å². The molecule has 0 saturated carbocycles. The summed E-state index contributed by atoms with van der Waals surface area (Å²) in [5, 5.41) is 5.19. The van der Waals surface area contributed by atoms with Crippen LogP contribution in [0.4, 0.5) is 0 Å². The SMILES string of the molecule is CS1(C)c2ccccc2-c2ccc3c4ccccc4n(-c4ccc(-c5ccc(-c6ccc(-n7c8ccccc8c8ccc9c(c87)S(C)(C)c7ccccc7-9)cc6)c6nsnc56)cc4)c3c21. The molecule has 0 spiro atoms. The van der Waals surface area contributed by atoms with Gasteiger partial charge in [0.1, 0.15) is 11.0 Å². The van der Waals surface area contributed by atoms with E-state index in [1.165, 1.54) is 97.2 Å². The molecule has 2 aliphatic rings. The van der Waals surface area contributed by atoms with Crippen molar-refractivity contribution in [3.05, 3.63) is 182 Å². The maximum absolute atomic E-state index is 4.93. The molecule has 0 fully saturated rings. The van der Waals surface area contributed by atoms with Crippen LogP contribution in [0.15, 0.2) is 202 Å². The van der Waals surface area contributed by atoms with Crippen molar-refractivity contribution in [1.29, 1.82) is 0 Å². The first kappa shape index (κ1) is 37.5. The summed E-state index contributed by atoms with van der Waals surface area (Å²) in [7, 11) is -2.50. The predicted octanol–water partition coefficient (Wildman–Crippen LogP) is 16.1. The fourth-order valence-corrected chi connectivity index (χ4v) is 17.6. The Balaban J connectivity index is 0.859. The standard InChI is InChI=1S/C58H42N4S3/c1-64(2)51-19-11-7-15-43(51)47-33-31-45-41-13-5-9-17-49(41)61(55(45)57(47)64)37-25-21-35(22-26-37)39-29-30-40(54-53(39)59-63-60-54)36-23-27-38(28-24-36)62-50-18-10-6-14-42(50)46-32-34-48-44-16-8-12-20-52(44)65(3,4)58(48)56(46)62/h5-34H,1-4H3. The van der Waals surface area contributed by atoms with Crippen LogP contribution in [0.5, 0.6) is 0 Å². The molecule has 312 valence electrons. The summed E-state index contributed by atoms with van der Waals surface area (Å²) < 4.78 is 14.9. The summed E-state index contributed by atoms with van der Waals surface area (Å²) >= 11 is 1.29. The minimum absolute atomic E-state index is 0.935. The van der Waals surface area contributed by atoms with Crippen LogP contribution in [-0.2, 0) is 0 Å². The summed E-state index contributed by atoms with van der Waals surface area (Å²) in [5.74, 6) is 0. The van der Waals surface area contributed by atoms with E-state index < -0.39 is 20.1 Å². The second-order valence-electron chi connectivity index (χ2n) is 18.2. The maximum Gasteiger partial charge on any atom is 0.113 e. The van der Waals surface area contributed by atoms with E-state index in [-0.39, 0.29) is 0 Å². The molecule has 3 aromatic heterocycles. The summed E-state index contributed by atoms with van der Waals surface area (Å²) in [4.78, 5) is 5.89. The van der Waals surface area contributed by atoms with Crippen LogP contribution < -0.4 is 0 Å². The lowest BCUT2D eigenvalue weighted by Gasteiger charge is -2.29. The van der Waals surface area contributed by atoms with Crippen LogP contribution in [0.3, 0.4) is 0 Å². The Hall–Kier alpha value is -6.90. The van der Waals surface area contributed by atoms with Gasteiger partial charge in [0.05, 0.1) is 33.8 Å². The van der Waals surface area contributed by atoms with Gasteiger partial charge >= 0.3 is 0 Å². The van der Waals surface area contributed by atoms with Crippen LogP contribution in [0.2, 0.25) is 0 Å². The lowest BCUT2D eigenvalue weighted by Crippen LogP contribution is -2.00. The van der Waals surface area contributed by atoms with Crippen LogP contribution >= 0.6 is 31.8 Å². The van der Waals surface area contributed by atoms with Gasteiger partial charge in [-0.15, -0.1) is 0 Å². The number of benzene rings is 9. The Morgan fingerprint density at radius 3 is 1.18 bits per heavy atom. The molecule has 14 rings (SSSR count). The molecule has 0 N–H and O–H groups in total. The van der Waals surface area contributed by atoms with Crippen LogP contribution in [0.1, 0.15) is 0 Å². The van der Waals surface area contributed by atoms with Gasteiger partial charge in [-0.25, -0.2) is 0 Å². The summed E-state index contributed by atoms with van der Waals surface area (Å²) in [6.45, 7) is 0. The third kappa shape index (κ3) is 5.01. The normalized spacial score (nSPS) is 15.4. The van der Waals surface area contributed by atoms with E-state index in [1.807, 2.05) is 0 Å². The van der Waals surface area contributed by atoms with E-state index in [4.69, 9.17) is 8.75 Å².